The molecule has 1 fully saturated rings. The van der Waals surface area contributed by atoms with Crippen molar-refractivity contribution in [1.82, 2.24) is 5.32 Å². The van der Waals surface area contributed by atoms with Gasteiger partial charge in [0.05, 0.1) is 33.0 Å². The Kier molecular flexibility index (Phi) is 4.41. The van der Waals surface area contributed by atoms with Gasteiger partial charge in [-0.2, -0.15) is 0 Å². The Morgan fingerprint density at radius 2 is 2.22 bits per heavy atom. The summed E-state index contributed by atoms with van der Waals surface area (Å²) in [4.78, 5) is 0. The lowest BCUT2D eigenvalue weighted by Crippen LogP contribution is -2.44. The minimum atomic E-state index is -0.210. The Labute approximate surface area is 107 Å². The molecule has 2 unspecified atom stereocenters. The quantitative estimate of drug-likeness (QED) is 0.825. The minimum Gasteiger partial charge on any atom is -0.497 e. The van der Waals surface area contributed by atoms with Crippen molar-refractivity contribution < 1.29 is 14.2 Å². The van der Waals surface area contributed by atoms with E-state index in [-0.39, 0.29) is 12.1 Å². The van der Waals surface area contributed by atoms with Crippen LogP contribution in [0, 0.1) is 0 Å². The molecule has 1 aliphatic heterocycles. The Morgan fingerprint density at radius 1 is 1.39 bits per heavy atom. The van der Waals surface area contributed by atoms with E-state index in [1.54, 1.807) is 14.2 Å². The Balaban J connectivity index is 2.20. The van der Waals surface area contributed by atoms with Gasteiger partial charge in [-0.05, 0) is 12.1 Å². The maximum Gasteiger partial charge on any atom is 0.127 e. The molecule has 5 nitrogen and oxygen atoms in total. The molecule has 1 aromatic rings. The number of rotatable bonds is 4. The zero-order chi connectivity index (χ0) is 13.0. The van der Waals surface area contributed by atoms with Gasteiger partial charge in [-0.1, -0.05) is 0 Å². The maximum absolute atomic E-state index is 6.25. The van der Waals surface area contributed by atoms with Gasteiger partial charge in [0.15, 0.2) is 0 Å². The van der Waals surface area contributed by atoms with Gasteiger partial charge in [-0.3, -0.25) is 0 Å². The largest absolute Gasteiger partial charge is 0.497 e. The zero-order valence-corrected chi connectivity index (χ0v) is 10.8. The van der Waals surface area contributed by atoms with E-state index >= 15 is 0 Å². The van der Waals surface area contributed by atoms with Crippen molar-refractivity contribution in [2.75, 3.05) is 33.9 Å². The van der Waals surface area contributed by atoms with Gasteiger partial charge in [0.2, 0.25) is 0 Å². The van der Waals surface area contributed by atoms with E-state index in [0.29, 0.717) is 6.61 Å². The number of ether oxygens (including phenoxy) is 3. The van der Waals surface area contributed by atoms with Crippen LogP contribution < -0.4 is 20.5 Å². The molecule has 5 heteroatoms. The van der Waals surface area contributed by atoms with Crippen molar-refractivity contribution in [3.05, 3.63) is 23.8 Å². The molecular formula is C13H20N2O3. The van der Waals surface area contributed by atoms with Gasteiger partial charge in [-0.25, -0.2) is 0 Å². The predicted molar refractivity (Wildman–Crippen MR) is 69.1 cm³/mol. The molecule has 100 valence electrons. The minimum absolute atomic E-state index is 0.0268. The van der Waals surface area contributed by atoms with E-state index in [1.807, 2.05) is 18.2 Å². The van der Waals surface area contributed by atoms with Crippen LogP contribution in [0.25, 0.3) is 0 Å². The third kappa shape index (κ3) is 2.75. The smallest absolute Gasteiger partial charge is 0.127 e. The van der Waals surface area contributed by atoms with E-state index in [9.17, 15) is 0 Å². The third-order valence-corrected chi connectivity index (χ3v) is 3.16. The number of methoxy groups -OCH3 is 2. The highest BCUT2D eigenvalue weighted by molar-refractivity contribution is 5.42. The summed E-state index contributed by atoms with van der Waals surface area (Å²) in [6.07, 6.45) is -0.0268. The number of hydrogen-bond acceptors (Lipinski definition) is 5. The second-order valence-electron chi connectivity index (χ2n) is 4.25. The van der Waals surface area contributed by atoms with Crippen molar-refractivity contribution in [2.24, 2.45) is 5.73 Å². The van der Waals surface area contributed by atoms with Crippen LogP contribution in [0.2, 0.25) is 0 Å². The molecule has 0 spiro atoms. The molecule has 2 atom stereocenters. The van der Waals surface area contributed by atoms with Gasteiger partial charge in [0.25, 0.3) is 0 Å². The predicted octanol–water partition coefficient (Wildman–Crippen LogP) is 0.692. The van der Waals surface area contributed by atoms with E-state index in [0.717, 1.165) is 30.2 Å². The lowest BCUT2D eigenvalue weighted by molar-refractivity contribution is 0.0118. The Hall–Kier alpha value is -1.30. The van der Waals surface area contributed by atoms with Gasteiger partial charge in [-0.15, -0.1) is 0 Å². The van der Waals surface area contributed by atoms with Gasteiger partial charge in [0.1, 0.15) is 11.5 Å². The molecule has 2 rings (SSSR count). The fourth-order valence-corrected chi connectivity index (χ4v) is 2.11. The van der Waals surface area contributed by atoms with E-state index in [2.05, 4.69) is 5.32 Å². The second-order valence-corrected chi connectivity index (χ2v) is 4.25. The first-order valence-corrected chi connectivity index (χ1v) is 6.06. The van der Waals surface area contributed by atoms with Crippen LogP contribution in [0.15, 0.2) is 18.2 Å². The van der Waals surface area contributed by atoms with Crippen LogP contribution in [0.1, 0.15) is 11.6 Å². The Bertz CT molecular complexity index is 392. The molecule has 1 saturated heterocycles. The molecule has 1 heterocycles. The summed E-state index contributed by atoms with van der Waals surface area (Å²) >= 11 is 0. The lowest BCUT2D eigenvalue weighted by Gasteiger charge is -2.29. The molecule has 18 heavy (non-hydrogen) atoms. The topological polar surface area (TPSA) is 65.7 Å². The standard InChI is InChI=1S/C13H20N2O3/c1-16-9-3-4-10(11(7-9)17-2)13(14)12-8-15-5-6-18-12/h3-4,7,12-13,15H,5-6,8,14H2,1-2H3. The third-order valence-electron chi connectivity index (χ3n) is 3.16. The highest BCUT2D eigenvalue weighted by atomic mass is 16.5. The highest BCUT2D eigenvalue weighted by Gasteiger charge is 2.25. The van der Waals surface area contributed by atoms with Crippen molar-refractivity contribution in [3.8, 4) is 11.5 Å². The number of morpholine rings is 1. The van der Waals surface area contributed by atoms with Gasteiger partial charge in [0, 0.05) is 24.7 Å². The first kappa shape index (κ1) is 13.1. The number of nitrogens with one attached hydrogen (secondary N) is 1. The monoisotopic (exact) mass is 252 g/mol. The summed E-state index contributed by atoms with van der Waals surface area (Å²) in [5, 5.41) is 3.28. The average molecular weight is 252 g/mol. The lowest BCUT2D eigenvalue weighted by atomic mass is 10.00. The molecule has 0 amide bonds. The molecule has 0 radical (unpaired) electrons. The van der Waals surface area contributed by atoms with Gasteiger partial charge >= 0.3 is 0 Å². The van der Waals surface area contributed by atoms with E-state index < -0.39 is 0 Å². The normalized spacial score (nSPS) is 21.4. The number of nitrogens with two attached hydrogens (primary N) is 1. The summed E-state index contributed by atoms with van der Waals surface area (Å²) in [7, 11) is 3.26. The van der Waals surface area contributed by atoms with Crippen molar-refractivity contribution in [3.63, 3.8) is 0 Å². The summed E-state index contributed by atoms with van der Waals surface area (Å²) < 4.78 is 16.2. The number of hydrogen-bond donors (Lipinski definition) is 2. The maximum atomic E-state index is 6.25. The van der Waals surface area contributed by atoms with Crippen LogP contribution in [0.3, 0.4) is 0 Å². The van der Waals surface area contributed by atoms with Crippen molar-refractivity contribution >= 4 is 0 Å². The zero-order valence-electron chi connectivity index (χ0n) is 10.8. The molecule has 0 saturated carbocycles. The van der Waals surface area contributed by atoms with E-state index in [4.69, 9.17) is 19.9 Å². The van der Waals surface area contributed by atoms with Gasteiger partial charge < -0.3 is 25.3 Å². The van der Waals surface area contributed by atoms with Crippen LogP contribution in [0.4, 0.5) is 0 Å². The fourth-order valence-electron chi connectivity index (χ4n) is 2.11. The Morgan fingerprint density at radius 3 is 2.83 bits per heavy atom. The molecule has 1 aromatic carbocycles. The van der Waals surface area contributed by atoms with E-state index in [1.165, 1.54) is 0 Å². The first-order valence-electron chi connectivity index (χ1n) is 6.06. The molecule has 1 aliphatic rings. The van der Waals surface area contributed by atoms with Crippen molar-refractivity contribution in [2.45, 2.75) is 12.1 Å². The van der Waals surface area contributed by atoms with Crippen LogP contribution >= 0.6 is 0 Å². The summed E-state index contributed by atoms with van der Waals surface area (Å²) in [5.41, 5.74) is 7.19. The molecular weight excluding hydrogens is 232 g/mol. The molecule has 3 N–H and O–H groups in total. The van der Waals surface area contributed by atoms with Crippen molar-refractivity contribution in [1.29, 1.82) is 0 Å². The van der Waals surface area contributed by atoms with Crippen LogP contribution in [-0.2, 0) is 4.74 Å². The SMILES string of the molecule is COc1ccc(C(N)C2CNCCO2)c(OC)c1. The molecule has 0 bridgehead atoms. The average Bonchev–Trinajstić information content (AvgIpc) is 2.46. The molecule has 0 aromatic heterocycles. The molecule has 0 aliphatic carbocycles. The summed E-state index contributed by atoms with van der Waals surface area (Å²) in [6, 6.07) is 5.44. The number of benzene rings is 1. The fraction of sp³-hybridized carbons (Fsp3) is 0.538. The second kappa shape index (κ2) is 6.04. The first-order chi connectivity index (χ1) is 8.76. The van der Waals surface area contributed by atoms with Crippen LogP contribution in [-0.4, -0.2) is 40.0 Å². The summed E-state index contributed by atoms with van der Waals surface area (Å²) in [6.45, 7) is 2.33. The summed E-state index contributed by atoms with van der Waals surface area (Å²) in [5.74, 6) is 1.49. The highest BCUT2D eigenvalue weighted by Crippen LogP contribution is 2.30. The van der Waals surface area contributed by atoms with Crippen LogP contribution in [0.5, 0.6) is 11.5 Å².